The summed E-state index contributed by atoms with van der Waals surface area (Å²) in [6.07, 6.45) is 0. The highest BCUT2D eigenvalue weighted by molar-refractivity contribution is 9.10. The van der Waals surface area contributed by atoms with Crippen LogP contribution in [0.4, 0.5) is 17.1 Å². The maximum atomic E-state index is 6.07. The van der Waals surface area contributed by atoms with E-state index in [1.807, 2.05) is 43.3 Å². The van der Waals surface area contributed by atoms with Crippen LogP contribution >= 0.6 is 27.5 Å². The molecule has 2 aromatic carbocycles. The molecule has 0 unspecified atom stereocenters. The fraction of sp³-hybridized carbons (Fsp3) is 0.143. The van der Waals surface area contributed by atoms with Gasteiger partial charge in [0.15, 0.2) is 0 Å². The minimum absolute atomic E-state index is 0.582. The molecular weight excluding hydrogens is 328 g/mol. The Bertz CT molecular complexity index is 590. The van der Waals surface area contributed by atoms with E-state index >= 15 is 0 Å². The Morgan fingerprint density at radius 1 is 1.26 bits per heavy atom. The average Bonchev–Trinajstić information content (AvgIpc) is 2.37. The van der Waals surface area contributed by atoms with Crippen molar-refractivity contribution in [2.24, 2.45) is 0 Å². The number of nitrogens with two attached hydrogens (primary N) is 1. The van der Waals surface area contributed by atoms with Crippen LogP contribution in [0.3, 0.4) is 0 Å². The van der Waals surface area contributed by atoms with Gasteiger partial charge in [0.05, 0.1) is 23.7 Å². The highest BCUT2D eigenvalue weighted by Gasteiger charge is 2.07. The van der Waals surface area contributed by atoms with E-state index in [0.717, 1.165) is 15.8 Å². The lowest BCUT2D eigenvalue weighted by Gasteiger charge is -2.14. The van der Waals surface area contributed by atoms with Crippen molar-refractivity contribution in [1.82, 2.24) is 0 Å². The van der Waals surface area contributed by atoms with Crippen LogP contribution in [0.15, 0.2) is 40.9 Å². The number of anilines is 3. The Morgan fingerprint density at radius 2 is 2.05 bits per heavy atom. The highest BCUT2D eigenvalue weighted by Crippen LogP contribution is 2.34. The molecule has 2 rings (SSSR count). The lowest BCUT2D eigenvalue weighted by molar-refractivity contribution is 0.342. The van der Waals surface area contributed by atoms with E-state index in [-0.39, 0.29) is 0 Å². The van der Waals surface area contributed by atoms with Crippen molar-refractivity contribution in [3.63, 3.8) is 0 Å². The first-order valence-electron chi connectivity index (χ1n) is 5.85. The summed E-state index contributed by atoms with van der Waals surface area (Å²) in [6.45, 7) is 2.51. The first-order chi connectivity index (χ1) is 9.11. The van der Waals surface area contributed by atoms with Gasteiger partial charge in [-0.1, -0.05) is 17.7 Å². The van der Waals surface area contributed by atoms with Crippen molar-refractivity contribution in [1.29, 1.82) is 0 Å². The van der Waals surface area contributed by atoms with Crippen molar-refractivity contribution in [3.8, 4) is 5.75 Å². The molecule has 0 saturated carbocycles. The second-order valence-electron chi connectivity index (χ2n) is 3.90. The number of benzene rings is 2. The summed E-state index contributed by atoms with van der Waals surface area (Å²) in [4.78, 5) is 0. The van der Waals surface area contributed by atoms with Crippen LogP contribution < -0.4 is 15.8 Å². The predicted molar refractivity (Wildman–Crippen MR) is 84.5 cm³/mol. The first-order valence-corrected chi connectivity index (χ1v) is 7.02. The van der Waals surface area contributed by atoms with Gasteiger partial charge in [-0.25, -0.2) is 0 Å². The molecule has 0 spiro atoms. The van der Waals surface area contributed by atoms with Crippen molar-refractivity contribution < 1.29 is 4.74 Å². The van der Waals surface area contributed by atoms with Gasteiger partial charge in [-0.2, -0.15) is 0 Å². The SMILES string of the molecule is CCOc1cccc(Nc2ccc(Cl)cc2Br)c1N. The topological polar surface area (TPSA) is 47.3 Å². The van der Waals surface area contributed by atoms with Crippen molar-refractivity contribution in [2.45, 2.75) is 6.92 Å². The fourth-order valence-electron chi connectivity index (χ4n) is 1.67. The minimum atomic E-state index is 0.582. The quantitative estimate of drug-likeness (QED) is 0.783. The zero-order valence-electron chi connectivity index (χ0n) is 10.4. The monoisotopic (exact) mass is 340 g/mol. The Labute approximate surface area is 125 Å². The van der Waals surface area contributed by atoms with Crippen LogP contribution in [0.1, 0.15) is 6.92 Å². The lowest BCUT2D eigenvalue weighted by atomic mass is 10.2. The number of nitrogen functional groups attached to an aromatic ring is 1. The van der Waals surface area contributed by atoms with Crippen LogP contribution in [-0.4, -0.2) is 6.61 Å². The Hall–Kier alpha value is -1.39. The van der Waals surface area contributed by atoms with E-state index in [4.69, 9.17) is 22.1 Å². The van der Waals surface area contributed by atoms with E-state index in [1.54, 1.807) is 0 Å². The number of hydrogen-bond acceptors (Lipinski definition) is 3. The Kier molecular flexibility index (Phi) is 4.56. The molecule has 0 radical (unpaired) electrons. The number of ether oxygens (including phenoxy) is 1. The highest BCUT2D eigenvalue weighted by atomic mass is 79.9. The molecule has 0 amide bonds. The second-order valence-corrected chi connectivity index (χ2v) is 5.19. The fourth-order valence-corrected chi connectivity index (χ4v) is 2.45. The van der Waals surface area contributed by atoms with E-state index in [2.05, 4.69) is 21.2 Å². The van der Waals surface area contributed by atoms with Gasteiger partial charge < -0.3 is 15.8 Å². The number of hydrogen-bond donors (Lipinski definition) is 2. The summed E-state index contributed by atoms with van der Waals surface area (Å²) < 4.78 is 6.34. The molecule has 5 heteroatoms. The van der Waals surface area contributed by atoms with Crippen LogP contribution in [-0.2, 0) is 0 Å². The van der Waals surface area contributed by atoms with Gasteiger partial charge in [0.25, 0.3) is 0 Å². The molecule has 0 aliphatic heterocycles. The largest absolute Gasteiger partial charge is 0.492 e. The van der Waals surface area contributed by atoms with E-state index in [1.165, 1.54) is 0 Å². The smallest absolute Gasteiger partial charge is 0.144 e. The minimum Gasteiger partial charge on any atom is -0.492 e. The van der Waals surface area contributed by atoms with Crippen LogP contribution in [0, 0.1) is 0 Å². The van der Waals surface area contributed by atoms with Gasteiger partial charge in [-0.05, 0) is 53.2 Å². The zero-order valence-corrected chi connectivity index (χ0v) is 12.8. The number of halogens is 2. The van der Waals surface area contributed by atoms with Crippen LogP contribution in [0.5, 0.6) is 5.75 Å². The summed E-state index contributed by atoms with van der Waals surface area (Å²) in [7, 11) is 0. The van der Waals surface area contributed by atoms with Gasteiger partial charge in [0.2, 0.25) is 0 Å². The lowest BCUT2D eigenvalue weighted by Crippen LogP contribution is -2.01. The van der Waals surface area contributed by atoms with Crippen LogP contribution in [0.25, 0.3) is 0 Å². The molecular formula is C14H14BrClN2O. The third kappa shape index (κ3) is 3.33. The summed E-state index contributed by atoms with van der Waals surface area (Å²) in [5.74, 6) is 0.678. The van der Waals surface area contributed by atoms with Gasteiger partial charge in [0.1, 0.15) is 5.75 Å². The molecule has 0 fully saturated rings. The zero-order chi connectivity index (χ0) is 13.8. The normalized spacial score (nSPS) is 10.3. The molecule has 0 aliphatic rings. The molecule has 3 nitrogen and oxygen atoms in total. The molecule has 19 heavy (non-hydrogen) atoms. The number of para-hydroxylation sites is 1. The molecule has 0 atom stereocenters. The molecule has 2 aromatic rings. The van der Waals surface area contributed by atoms with Crippen molar-refractivity contribution >= 4 is 44.6 Å². The Morgan fingerprint density at radius 3 is 2.74 bits per heavy atom. The molecule has 0 bridgehead atoms. The summed E-state index contributed by atoms with van der Waals surface area (Å²) in [6, 6.07) is 11.2. The Balaban J connectivity index is 2.30. The summed E-state index contributed by atoms with van der Waals surface area (Å²) >= 11 is 9.37. The standard InChI is InChI=1S/C14H14BrClN2O/c1-2-19-13-5-3-4-12(14(13)17)18-11-7-6-9(16)8-10(11)15/h3-8,18H,2,17H2,1H3. The number of rotatable bonds is 4. The molecule has 100 valence electrons. The van der Waals surface area contributed by atoms with Gasteiger partial charge in [0, 0.05) is 9.50 Å². The van der Waals surface area contributed by atoms with Gasteiger partial charge in [-0.3, -0.25) is 0 Å². The average molecular weight is 342 g/mol. The van der Waals surface area contributed by atoms with Crippen LogP contribution in [0.2, 0.25) is 5.02 Å². The molecule has 0 aromatic heterocycles. The predicted octanol–water partition coefficient (Wildman–Crippen LogP) is 4.83. The molecule has 0 heterocycles. The number of nitrogens with one attached hydrogen (secondary N) is 1. The third-order valence-corrected chi connectivity index (χ3v) is 3.46. The molecule has 3 N–H and O–H groups in total. The van der Waals surface area contributed by atoms with Crippen molar-refractivity contribution in [2.75, 3.05) is 17.7 Å². The second kappa shape index (κ2) is 6.17. The van der Waals surface area contributed by atoms with Gasteiger partial charge in [-0.15, -0.1) is 0 Å². The molecule has 0 aliphatic carbocycles. The summed E-state index contributed by atoms with van der Waals surface area (Å²) in [5.41, 5.74) is 8.35. The van der Waals surface area contributed by atoms with E-state index in [9.17, 15) is 0 Å². The summed E-state index contributed by atoms with van der Waals surface area (Å²) in [5, 5.41) is 3.93. The maximum absolute atomic E-state index is 6.07. The van der Waals surface area contributed by atoms with Crippen molar-refractivity contribution in [3.05, 3.63) is 45.9 Å². The third-order valence-electron chi connectivity index (χ3n) is 2.57. The van der Waals surface area contributed by atoms with E-state index < -0.39 is 0 Å². The van der Waals surface area contributed by atoms with Gasteiger partial charge >= 0.3 is 0 Å². The molecule has 0 saturated heterocycles. The maximum Gasteiger partial charge on any atom is 0.144 e. The van der Waals surface area contributed by atoms with E-state index in [0.29, 0.717) is 23.1 Å². The first kappa shape index (κ1) is 14.0.